The van der Waals surface area contributed by atoms with Crippen molar-refractivity contribution in [3.8, 4) is 17.1 Å². The summed E-state index contributed by atoms with van der Waals surface area (Å²) in [6.07, 6.45) is 0.137. The average Bonchev–Trinajstić information content (AvgIpc) is 2.96. The zero-order chi connectivity index (χ0) is 17.8. The van der Waals surface area contributed by atoms with Crippen LogP contribution in [0.15, 0.2) is 53.0 Å². The van der Waals surface area contributed by atoms with E-state index in [0.717, 1.165) is 27.2 Å². The van der Waals surface area contributed by atoms with E-state index in [0.29, 0.717) is 11.3 Å². The highest BCUT2D eigenvalue weighted by molar-refractivity contribution is 9.10. The molecular formula is C18H19BrN4OS. The second kappa shape index (κ2) is 7.84. The second-order valence-electron chi connectivity index (χ2n) is 5.82. The van der Waals surface area contributed by atoms with Gasteiger partial charge in [-0.3, -0.25) is 0 Å². The van der Waals surface area contributed by atoms with E-state index in [2.05, 4.69) is 31.6 Å². The van der Waals surface area contributed by atoms with Crippen LogP contribution in [-0.4, -0.2) is 21.0 Å². The summed E-state index contributed by atoms with van der Waals surface area (Å²) in [6, 6.07) is 16.0. The molecule has 0 saturated carbocycles. The van der Waals surface area contributed by atoms with E-state index < -0.39 is 0 Å². The van der Waals surface area contributed by atoms with Gasteiger partial charge in [-0.1, -0.05) is 36.4 Å². The molecule has 0 aliphatic rings. The van der Waals surface area contributed by atoms with Crippen molar-refractivity contribution in [3.05, 3.63) is 63.3 Å². The van der Waals surface area contributed by atoms with Crippen LogP contribution in [0.25, 0.3) is 11.4 Å². The number of benzene rings is 2. The fraction of sp³-hybridized carbons (Fsp3) is 0.222. The summed E-state index contributed by atoms with van der Waals surface area (Å²) in [5.41, 5.74) is 5.41. The van der Waals surface area contributed by atoms with Gasteiger partial charge in [-0.25, -0.2) is 9.77 Å². The number of rotatable bonds is 6. The smallest absolute Gasteiger partial charge is 0.214 e. The lowest BCUT2D eigenvalue weighted by Gasteiger charge is -2.14. The highest BCUT2D eigenvalue weighted by Gasteiger charge is 2.09. The molecule has 0 aliphatic heterocycles. The first kappa shape index (κ1) is 17.7. The number of hydrogen-bond acceptors (Lipinski definition) is 4. The van der Waals surface area contributed by atoms with Gasteiger partial charge in [0.25, 0.3) is 0 Å². The molecule has 0 saturated heterocycles. The van der Waals surface area contributed by atoms with Crippen LogP contribution >= 0.6 is 28.1 Å². The predicted molar refractivity (Wildman–Crippen MR) is 106 cm³/mol. The van der Waals surface area contributed by atoms with Gasteiger partial charge in [0.2, 0.25) is 4.77 Å². The van der Waals surface area contributed by atoms with Crippen LogP contribution < -0.4 is 10.2 Å². The van der Waals surface area contributed by atoms with Crippen LogP contribution in [0.5, 0.6) is 5.75 Å². The molecule has 0 radical (unpaired) electrons. The van der Waals surface area contributed by atoms with Crippen LogP contribution in [0.1, 0.15) is 19.4 Å². The monoisotopic (exact) mass is 418 g/mol. The number of aromatic nitrogens is 3. The van der Waals surface area contributed by atoms with E-state index in [9.17, 15) is 0 Å². The lowest BCUT2D eigenvalue weighted by Crippen LogP contribution is -2.16. The maximum atomic E-state index is 5.74. The van der Waals surface area contributed by atoms with E-state index in [-0.39, 0.29) is 6.10 Å². The van der Waals surface area contributed by atoms with Crippen molar-refractivity contribution in [1.29, 1.82) is 0 Å². The number of nitrogens with zero attached hydrogens (tertiary/aromatic N) is 2. The Bertz CT molecular complexity index is 905. The highest BCUT2D eigenvalue weighted by Crippen LogP contribution is 2.27. The van der Waals surface area contributed by atoms with Crippen molar-refractivity contribution < 1.29 is 4.74 Å². The van der Waals surface area contributed by atoms with E-state index in [1.807, 2.05) is 62.4 Å². The maximum absolute atomic E-state index is 5.74. The summed E-state index contributed by atoms with van der Waals surface area (Å²) in [7, 11) is 0. The van der Waals surface area contributed by atoms with Gasteiger partial charge < -0.3 is 10.2 Å². The maximum Gasteiger partial charge on any atom is 0.214 e. The van der Waals surface area contributed by atoms with Crippen LogP contribution in [0.3, 0.4) is 0 Å². The third-order valence-corrected chi connectivity index (χ3v) is 4.40. The average molecular weight is 419 g/mol. The Hall–Kier alpha value is -2.12. The van der Waals surface area contributed by atoms with Gasteiger partial charge >= 0.3 is 0 Å². The quantitative estimate of drug-likeness (QED) is 0.558. The SMILES string of the molecule is CC(C)Oc1ccc(CNn2c(-c3ccccc3)n[nH]c2=S)cc1Br. The van der Waals surface area contributed by atoms with E-state index in [1.54, 1.807) is 4.68 Å². The lowest BCUT2D eigenvalue weighted by atomic mass is 10.2. The normalized spacial score (nSPS) is 10.9. The number of hydrogen-bond donors (Lipinski definition) is 2. The largest absolute Gasteiger partial charge is 0.490 e. The Kier molecular flexibility index (Phi) is 5.55. The zero-order valence-electron chi connectivity index (χ0n) is 14.0. The first-order valence-electron chi connectivity index (χ1n) is 7.96. The molecule has 0 aliphatic carbocycles. The minimum absolute atomic E-state index is 0.137. The summed E-state index contributed by atoms with van der Waals surface area (Å²) < 4.78 is 8.99. The van der Waals surface area contributed by atoms with Crippen LogP contribution in [0.2, 0.25) is 0 Å². The number of nitrogens with one attached hydrogen (secondary N) is 2. The van der Waals surface area contributed by atoms with Crippen molar-refractivity contribution in [1.82, 2.24) is 14.9 Å². The topological polar surface area (TPSA) is 54.9 Å². The van der Waals surface area contributed by atoms with E-state index >= 15 is 0 Å². The molecule has 3 rings (SSSR count). The second-order valence-corrected chi connectivity index (χ2v) is 7.06. The van der Waals surface area contributed by atoms with Crippen LogP contribution in [0, 0.1) is 4.77 Å². The van der Waals surface area contributed by atoms with Gasteiger partial charge in [0.1, 0.15) is 5.75 Å². The van der Waals surface area contributed by atoms with Gasteiger partial charge in [0.15, 0.2) is 5.82 Å². The molecule has 2 N–H and O–H groups in total. The first-order valence-corrected chi connectivity index (χ1v) is 9.16. The summed E-state index contributed by atoms with van der Waals surface area (Å²) in [5, 5.41) is 7.15. The molecule has 0 fully saturated rings. The van der Waals surface area contributed by atoms with Crippen LogP contribution in [0.4, 0.5) is 0 Å². The number of H-pyrrole nitrogens is 1. The Morgan fingerprint density at radius 2 is 2.00 bits per heavy atom. The molecule has 0 amide bonds. The lowest BCUT2D eigenvalue weighted by molar-refractivity contribution is 0.241. The van der Waals surface area contributed by atoms with E-state index in [1.165, 1.54) is 0 Å². The molecule has 2 aromatic carbocycles. The molecule has 0 bridgehead atoms. The van der Waals surface area contributed by atoms with Crippen molar-refractivity contribution in [2.75, 3.05) is 5.43 Å². The molecule has 0 atom stereocenters. The summed E-state index contributed by atoms with van der Waals surface area (Å²) in [4.78, 5) is 0. The van der Waals surface area contributed by atoms with Gasteiger partial charge in [-0.2, -0.15) is 5.10 Å². The molecule has 3 aromatic rings. The number of ether oxygens (including phenoxy) is 1. The third-order valence-electron chi connectivity index (χ3n) is 3.50. The molecule has 0 spiro atoms. The van der Waals surface area contributed by atoms with Crippen molar-refractivity contribution in [3.63, 3.8) is 0 Å². The van der Waals surface area contributed by atoms with Gasteiger partial charge in [0, 0.05) is 5.56 Å². The molecule has 0 unspecified atom stereocenters. The molecule has 1 aromatic heterocycles. The highest BCUT2D eigenvalue weighted by atomic mass is 79.9. The zero-order valence-corrected chi connectivity index (χ0v) is 16.4. The van der Waals surface area contributed by atoms with Gasteiger partial charge in [-0.05, 0) is 59.7 Å². The molecule has 7 heteroatoms. The Balaban J connectivity index is 1.78. The minimum atomic E-state index is 0.137. The molecule has 5 nitrogen and oxygen atoms in total. The number of halogens is 1. The molecule has 25 heavy (non-hydrogen) atoms. The fourth-order valence-electron chi connectivity index (χ4n) is 2.40. The molecular weight excluding hydrogens is 400 g/mol. The van der Waals surface area contributed by atoms with Crippen molar-refractivity contribution in [2.45, 2.75) is 26.5 Å². The Labute approximate surface area is 160 Å². The Morgan fingerprint density at radius 3 is 2.68 bits per heavy atom. The predicted octanol–water partition coefficient (Wildman–Crippen LogP) is 4.90. The molecule has 130 valence electrons. The minimum Gasteiger partial charge on any atom is -0.490 e. The Morgan fingerprint density at radius 1 is 1.24 bits per heavy atom. The third kappa shape index (κ3) is 4.29. The summed E-state index contributed by atoms with van der Waals surface area (Å²) in [5.74, 6) is 1.59. The van der Waals surface area contributed by atoms with Crippen molar-refractivity contribution >= 4 is 28.1 Å². The van der Waals surface area contributed by atoms with Gasteiger partial charge in [0.05, 0.1) is 17.1 Å². The van der Waals surface area contributed by atoms with Gasteiger partial charge in [-0.15, -0.1) is 0 Å². The standard InChI is InChI=1S/C18H19BrN4OS/c1-12(2)24-16-9-8-13(10-15(16)19)11-20-23-17(21-22-18(23)25)14-6-4-3-5-7-14/h3-10,12,20H,11H2,1-2H3,(H,22,25). The summed E-state index contributed by atoms with van der Waals surface area (Å²) >= 11 is 8.90. The van der Waals surface area contributed by atoms with Crippen LogP contribution in [-0.2, 0) is 6.54 Å². The fourth-order valence-corrected chi connectivity index (χ4v) is 3.11. The summed E-state index contributed by atoms with van der Waals surface area (Å²) in [6.45, 7) is 4.62. The number of aromatic amines is 1. The molecule has 1 heterocycles. The first-order chi connectivity index (χ1) is 12.0. The van der Waals surface area contributed by atoms with Crippen molar-refractivity contribution in [2.24, 2.45) is 0 Å². The van der Waals surface area contributed by atoms with E-state index in [4.69, 9.17) is 17.0 Å².